The Bertz CT molecular complexity index is 232. The van der Waals surface area contributed by atoms with Crippen LogP contribution in [-0.4, -0.2) is 5.78 Å². The summed E-state index contributed by atoms with van der Waals surface area (Å²) in [7, 11) is 0. The molecule has 0 aliphatic heterocycles. The van der Waals surface area contributed by atoms with Gasteiger partial charge in [-0.2, -0.15) is 0 Å². The van der Waals surface area contributed by atoms with E-state index in [1.807, 2.05) is 6.92 Å². The van der Waals surface area contributed by atoms with E-state index >= 15 is 0 Å². The Hall–Kier alpha value is -0.300. The van der Waals surface area contributed by atoms with Crippen molar-refractivity contribution < 1.29 is 4.79 Å². The first-order chi connectivity index (χ1) is 6.67. The van der Waals surface area contributed by atoms with E-state index in [0.29, 0.717) is 5.78 Å². The molecule has 2 unspecified atom stereocenters. The van der Waals surface area contributed by atoms with Crippen molar-refractivity contribution in [3.8, 4) is 0 Å². The maximum absolute atomic E-state index is 11.6. The van der Waals surface area contributed by atoms with E-state index in [1.54, 1.807) is 5.54 Å². The van der Waals surface area contributed by atoms with Crippen LogP contribution in [0.2, 0.25) is 0 Å². The Morgan fingerprint density at radius 3 is 2.93 bits per heavy atom. The van der Waals surface area contributed by atoms with Crippen LogP contribution in [0.15, 0.2) is 11.1 Å². The normalized spacial score (nSPS) is 29.4. The summed E-state index contributed by atoms with van der Waals surface area (Å²) in [5.41, 5.74) is 2.73. The van der Waals surface area contributed by atoms with Gasteiger partial charge in [0.05, 0.1) is 0 Å². The number of Topliss-reactive ketones (excluding diaryl/α,β-unsaturated/α-hetero) is 1. The molecule has 1 aliphatic carbocycles. The maximum atomic E-state index is 11.6. The summed E-state index contributed by atoms with van der Waals surface area (Å²) < 4.78 is 0. The van der Waals surface area contributed by atoms with Gasteiger partial charge in [0, 0.05) is 17.9 Å². The number of carbonyl (C=O) groups excluding carboxylic acids is 1. The van der Waals surface area contributed by atoms with Crippen molar-refractivity contribution in [2.45, 2.75) is 46.0 Å². The molecule has 0 saturated heterocycles. The predicted molar refractivity (Wildman–Crippen MR) is 60.4 cm³/mol. The largest absolute Gasteiger partial charge is 0.299 e. The number of halogens is 1. The van der Waals surface area contributed by atoms with Gasteiger partial charge < -0.3 is 0 Å². The first kappa shape index (κ1) is 11.8. The van der Waals surface area contributed by atoms with E-state index in [-0.39, 0.29) is 5.92 Å². The van der Waals surface area contributed by atoms with E-state index in [4.69, 9.17) is 11.6 Å². The van der Waals surface area contributed by atoms with Gasteiger partial charge in [-0.05, 0) is 32.1 Å². The van der Waals surface area contributed by atoms with Crippen LogP contribution in [0.3, 0.4) is 0 Å². The molecule has 0 aromatic carbocycles. The fourth-order valence-electron chi connectivity index (χ4n) is 2.20. The van der Waals surface area contributed by atoms with Gasteiger partial charge in [0.25, 0.3) is 0 Å². The molecular formula is C12H19ClO. The van der Waals surface area contributed by atoms with E-state index in [2.05, 4.69) is 6.92 Å². The van der Waals surface area contributed by atoms with Crippen molar-refractivity contribution in [2.24, 2.45) is 11.8 Å². The topological polar surface area (TPSA) is 17.1 Å². The van der Waals surface area contributed by atoms with Crippen molar-refractivity contribution in [1.82, 2.24) is 0 Å². The van der Waals surface area contributed by atoms with Crippen molar-refractivity contribution >= 4 is 17.4 Å². The van der Waals surface area contributed by atoms with Crippen molar-refractivity contribution in [3.63, 3.8) is 0 Å². The highest BCUT2D eigenvalue weighted by atomic mass is 35.5. The highest BCUT2D eigenvalue weighted by Crippen LogP contribution is 2.32. The fourth-order valence-corrected chi connectivity index (χ4v) is 2.29. The highest BCUT2D eigenvalue weighted by molar-refractivity contribution is 6.25. The first-order valence-corrected chi connectivity index (χ1v) is 5.89. The van der Waals surface area contributed by atoms with Crippen LogP contribution < -0.4 is 0 Å². The van der Waals surface area contributed by atoms with Crippen LogP contribution in [0.5, 0.6) is 0 Å². The van der Waals surface area contributed by atoms with E-state index in [9.17, 15) is 4.79 Å². The Labute approximate surface area is 91.5 Å². The molecule has 0 bridgehead atoms. The smallest absolute Gasteiger partial charge is 0.136 e. The molecule has 0 radical (unpaired) electrons. The lowest BCUT2D eigenvalue weighted by atomic mass is 9.77. The number of ketones is 1. The standard InChI is InChI=1S/C12H19ClO/c1-3-10-4-5-12(14)11(7-10)6-9(2)8-13/h8,10-11H,3-7H2,1-2H3. The van der Waals surface area contributed by atoms with Gasteiger partial charge in [-0.3, -0.25) is 4.79 Å². The monoisotopic (exact) mass is 214 g/mol. The minimum Gasteiger partial charge on any atom is -0.299 e. The minimum atomic E-state index is 0.240. The summed E-state index contributed by atoms with van der Waals surface area (Å²) in [5, 5.41) is 0. The minimum absolute atomic E-state index is 0.240. The summed E-state index contributed by atoms with van der Waals surface area (Å²) in [6, 6.07) is 0. The van der Waals surface area contributed by atoms with Crippen molar-refractivity contribution in [1.29, 1.82) is 0 Å². The maximum Gasteiger partial charge on any atom is 0.136 e. The van der Waals surface area contributed by atoms with Gasteiger partial charge in [0.2, 0.25) is 0 Å². The molecule has 1 aliphatic rings. The molecule has 0 spiro atoms. The summed E-state index contributed by atoms with van der Waals surface area (Å²) in [6.07, 6.45) is 5.00. The zero-order chi connectivity index (χ0) is 10.6. The molecule has 0 aromatic heterocycles. The molecule has 2 heteroatoms. The fraction of sp³-hybridized carbons (Fsp3) is 0.750. The second-order valence-corrected chi connectivity index (χ2v) is 4.59. The van der Waals surface area contributed by atoms with Crippen LogP contribution >= 0.6 is 11.6 Å². The molecule has 80 valence electrons. The Kier molecular flexibility index (Phi) is 4.67. The SMILES string of the molecule is CCC1CCC(=O)C(CC(C)=CCl)C1. The molecular weight excluding hydrogens is 196 g/mol. The van der Waals surface area contributed by atoms with Gasteiger partial charge >= 0.3 is 0 Å². The second-order valence-electron chi connectivity index (χ2n) is 4.37. The van der Waals surface area contributed by atoms with Gasteiger partial charge in [-0.1, -0.05) is 30.5 Å². The summed E-state index contributed by atoms with van der Waals surface area (Å²) in [5.74, 6) is 1.43. The molecule has 1 saturated carbocycles. The van der Waals surface area contributed by atoms with Crippen molar-refractivity contribution in [2.75, 3.05) is 0 Å². The second kappa shape index (κ2) is 5.55. The number of hydrogen-bond acceptors (Lipinski definition) is 1. The summed E-state index contributed by atoms with van der Waals surface area (Å²) in [6.45, 7) is 4.21. The number of allylic oxidation sites excluding steroid dienone is 1. The number of carbonyl (C=O) groups is 1. The van der Waals surface area contributed by atoms with Gasteiger partial charge in [0.15, 0.2) is 0 Å². The molecule has 0 heterocycles. The number of hydrogen-bond donors (Lipinski definition) is 0. The molecule has 1 rings (SSSR count). The summed E-state index contributed by atoms with van der Waals surface area (Å²) in [4.78, 5) is 11.6. The first-order valence-electron chi connectivity index (χ1n) is 5.46. The van der Waals surface area contributed by atoms with Crippen molar-refractivity contribution in [3.05, 3.63) is 11.1 Å². The summed E-state index contributed by atoms with van der Waals surface area (Å²) >= 11 is 5.62. The van der Waals surface area contributed by atoms with Crippen LogP contribution in [0.25, 0.3) is 0 Å². The Morgan fingerprint density at radius 1 is 1.64 bits per heavy atom. The lowest BCUT2D eigenvalue weighted by Crippen LogP contribution is -2.24. The zero-order valence-electron chi connectivity index (χ0n) is 9.05. The number of rotatable bonds is 3. The molecule has 1 fully saturated rings. The van der Waals surface area contributed by atoms with Crippen LogP contribution in [0, 0.1) is 11.8 Å². The lowest BCUT2D eigenvalue weighted by molar-refractivity contribution is -0.125. The third-order valence-electron chi connectivity index (χ3n) is 3.20. The molecule has 0 N–H and O–H groups in total. The third-order valence-corrected chi connectivity index (χ3v) is 3.58. The average molecular weight is 215 g/mol. The van der Waals surface area contributed by atoms with Gasteiger partial charge in [0.1, 0.15) is 5.78 Å². The average Bonchev–Trinajstić information content (AvgIpc) is 2.21. The van der Waals surface area contributed by atoms with Crippen LogP contribution in [0.1, 0.15) is 46.0 Å². The molecule has 14 heavy (non-hydrogen) atoms. The van der Waals surface area contributed by atoms with Crippen LogP contribution in [0.4, 0.5) is 0 Å². The van der Waals surface area contributed by atoms with Gasteiger partial charge in [-0.25, -0.2) is 0 Å². The third kappa shape index (κ3) is 3.13. The molecule has 0 amide bonds. The molecule has 2 atom stereocenters. The molecule has 1 nitrogen and oxygen atoms in total. The highest BCUT2D eigenvalue weighted by Gasteiger charge is 2.27. The molecule has 0 aromatic rings. The zero-order valence-corrected chi connectivity index (χ0v) is 9.81. The van der Waals surface area contributed by atoms with Gasteiger partial charge in [-0.15, -0.1) is 0 Å². The quantitative estimate of drug-likeness (QED) is 0.696. The Morgan fingerprint density at radius 2 is 2.36 bits per heavy atom. The lowest BCUT2D eigenvalue weighted by Gasteiger charge is -2.27. The van der Waals surface area contributed by atoms with E-state index in [1.165, 1.54) is 6.42 Å². The Balaban J connectivity index is 2.52. The van der Waals surface area contributed by atoms with E-state index in [0.717, 1.165) is 37.2 Å². The van der Waals surface area contributed by atoms with E-state index < -0.39 is 0 Å². The van der Waals surface area contributed by atoms with Crippen LogP contribution in [-0.2, 0) is 4.79 Å². The predicted octanol–water partition coefficient (Wildman–Crippen LogP) is 3.91.